The fourth-order valence-electron chi connectivity index (χ4n) is 1.88. The van der Waals surface area contributed by atoms with Crippen LogP contribution in [-0.4, -0.2) is 19.3 Å². The highest BCUT2D eigenvalue weighted by Crippen LogP contribution is 2.28. The van der Waals surface area contributed by atoms with Crippen molar-refractivity contribution in [3.63, 3.8) is 0 Å². The predicted molar refractivity (Wildman–Crippen MR) is 57.0 cm³/mol. The van der Waals surface area contributed by atoms with Gasteiger partial charge in [0.1, 0.15) is 13.2 Å². The molecule has 0 unspecified atom stereocenters. The summed E-state index contributed by atoms with van der Waals surface area (Å²) in [6.45, 7) is 1.09. The van der Waals surface area contributed by atoms with Crippen LogP contribution >= 0.6 is 0 Å². The quantitative estimate of drug-likeness (QED) is 0.454. The summed E-state index contributed by atoms with van der Waals surface area (Å²) in [6.07, 6.45) is 8.42. The largest absolute Gasteiger partial charge is 0.427 e. The maximum Gasteiger partial charge on any atom is 0.286 e. The summed E-state index contributed by atoms with van der Waals surface area (Å²) in [6, 6.07) is 0. The van der Waals surface area contributed by atoms with E-state index in [4.69, 9.17) is 30.2 Å². The number of hydrogen-bond acceptors (Lipinski definition) is 6. The predicted octanol–water partition coefficient (Wildman–Crippen LogP) is 1.69. The van der Waals surface area contributed by atoms with Crippen LogP contribution in [0.2, 0.25) is 0 Å². The van der Waals surface area contributed by atoms with Gasteiger partial charge in [-0.15, -0.1) is 0 Å². The van der Waals surface area contributed by atoms with E-state index in [-0.39, 0.29) is 0 Å². The van der Waals surface area contributed by atoms with Gasteiger partial charge in [0.15, 0.2) is 0 Å². The second-order valence-corrected chi connectivity index (χ2v) is 3.79. The molecule has 0 atom stereocenters. The van der Waals surface area contributed by atoms with Crippen LogP contribution in [0.3, 0.4) is 0 Å². The van der Waals surface area contributed by atoms with Crippen LogP contribution in [0.25, 0.3) is 0 Å². The summed E-state index contributed by atoms with van der Waals surface area (Å²) < 4.78 is 9.42. The van der Waals surface area contributed by atoms with E-state index < -0.39 is 0 Å². The Kier molecular flexibility index (Phi) is 9.22. The van der Waals surface area contributed by atoms with Gasteiger partial charge in [0, 0.05) is 0 Å². The van der Waals surface area contributed by atoms with Crippen LogP contribution in [-0.2, 0) is 14.3 Å². The Morgan fingerprint density at radius 1 is 1.00 bits per heavy atom. The molecule has 0 aliphatic heterocycles. The zero-order chi connectivity index (χ0) is 12.9. The summed E-state index contributed by atoms with van der Waals surface area (Å²) in [5.74, 6) is 1.01. The molecule has 0 bridgehead atoms. The van der Waals surface area contributed by atoms with E-state index in [0.717, 1.165) is 31.8 Å². The number of hydrogen-bond donors (Lipinski definition) is 1. The van der Waals surface area contributed by atoms with Crippen molar-refractivity contribution in [2.24, 2.45) is 11.8 Å². The lowest BCUT2D eigenvalue weighted by atomic mass is 9.83. The molecule has 0 aromatic rings. The molecule has 0 spiro atoms. The maximum absolute atomic E-state index is 8.35. The van der Waals surface area contributed by atoms with Gasteiger partial charge in [0.2, 0.25) is 6.08 Å². The van der Waals surface area contributed by atoms with Crippen LogP contribution in [0.15, 0.2) is 0 Å². The van der Waals surface area contributed by atoms with Crippen LogP contribution in [0.1, 0.15) is 25.7 Å². The summed E-state index contributed by atoms with van der Waals surface area (Å²) in [4.78, 5) is 8.35. The average molecular weight is 237 g/mol. The number of nitriles is 2. The van der Waals surface area contributed by atoms with Gasteiger partial charge in [0.25, 0.3) is 12.5 Å². The summed E-state index contributed by atoms with van der Waals surface area (Å²) in [5.41, 5.74) is 0. The third-order valence-corrected chi connectivity index (χ3v) is 2.73. The van der Waals surface area contributed by atoms with Crippen LogP contribution in [0.4, 0.5) is 0 Å². The number of carbonyl (C=O) groups excluding carboxylic acids is 1. The van der Waals surface area contributed by atoms with E-state index in [0.29, 0.717) is 25.0 Å². The molecular formula is C11H15N3O3. The first-order chi connectivity index (χ1) is 8.28. The molecule has 1 N–H and O–H groups in total. The normalized spacial score (nSPS) is 21.8. The van der Waals surface area contributed by atoms with Crippen molar-refractivity contribution in [3.8, 4) is 12.5 Å². The standard InChI is InChI=1S/C10H14N2O2.CHNO/c11-7-13-5-9-1-2-10(4-3-9)6-14-8-12;2-1-3/h9-10H,1-6H2;2H. The van der Waals surface area contributed by atoms with Gasteiger partial charge in [0.05, 0.1) is 0 Å². The second kappa shape index (κ2) is 10.5. The monoisotopic (exact) mass is 237 g/mol. The Balaban J connectivity index is 0.000000770. The molecule has 1 rings (SSSR count). The molecule has 6 nitrogen and oxygen atoms in total. The summed E-state index contributed by atoms with van der Waals surface area (Å²) in [5, 5.41) is 21.9. The van der Waals surface area contributed by atoms with E-state index in [1.54, 1.807) is 12.5 Å². The van der Waals surface area contributed by atoms with Crippen molar-refractivity contribution < 1.29 is 14.3 Å². The van der Waals surface area contributed by atoms with Gasteiger partial charge in [-0.25, -0.2) is 10.2 Å². The Morgan fingerprint density at radius 2 is 1.29 bits per heavy atom. The third kappa shape index (κ3) is 7.84. The van der Waals surface area contributed by atoms with Crippen molar-refractivity contribution in [1.82, 2.24) is 0 Å². The molecular weight excluding hydrogens is 222 g/mol. The zero-order valence-electron chi connectivity index (χ0n) is 9.52. The molecule has 1 aliphatic carbocycles. The fourth-order valence-corrected chi connectivity index (χ4v) is 1.88. The zero-order valence-corrected chi connectivity index (χ0v) is 9.52. The first-order valence-electron chi connectivity index (χ1n) is 5.34. The smallest absolute Gasteiger partial charge is 0.286 e. The van der Waals surface area contributed by atoms with Crippen molar-refractivity contribution in [2.75, 3.05) is 13.2 Å². The van der Waals surface area contributed by atoms with E-state index in [9.17, 15) is 0 Å². The van der Waals surface area contributed by atoms with Crippen LogP contribution in [0.5, 0.6) is 0 Å². The third-order valence-electron chi connectivity index (χ3n) is 2.73. The fraction of sp³-hybridized carbons (Fsp3) is 0.727. The topological polar surface area (TPSA) is 107 Å². The highest BCUT2D eigenvalue weighted by Gasteiger charge is 2.21. The Morgan fingerprint density at radius 3 is 1.53 bits per heavy atom. The van der Waals surface area contributed by atoms with Crippen LogP contribution < -0.4 is 0 Å². The first kappa shape index (κ1) is 15.0. The molecule has 6 heteroatoms. The number of ether oxygens (including phenoxy) is 2. The van der Waals surface area contributed by atoms with Gasteiger partial charge >= 0.3 is 0 Å². The minimum Gasteiger partial charge on any atom is -0.427 e. The lowest BCUT2D eigenvalue weighted by molar-refractivity contribution is 0.124. The molecule has 92 valence electrons. The Bertz CT molecular complexity index is 279. The van der Waals surface area contributed by atoms with Gasteiger partial charge < -0.3 is 9.47 Å². The first-order valence-corrected chi connectivity index (χ1v) is 5.34. The van der Waals surface area contributed by atoms with Gasteiger partial charge in [-0.1, -0.05) is 0 Å². The van der Waals surface area contributed by atoms with Crippen LogP contribution in [0, 0.1) is 40.3 Å². The maximum atomic E-state index is 8.35. The SMILES string of the molecule is N#COCC1CCC(COC#N)CC1.N=C=O. The number of isocyanates is 1. The molecule has 0 aromatic carbocycles. The molecule has 1 fully saturated rings. The van der Waals surface area contributed by atoms with Gasteiger partial charge in [-0.3, -0.25) is 0 Å². The lowest BCUT2D eigenvalue weighted by Crippen LogP contribution is -2.20. The highest BCUT2D eigenvalue weighted by molar-refractivity contribution is 5.26. The molecule has 0 amide bonds. The molecule has 1 aliphatic rings. The van der Waals surface area contributed by atoms with E-state index >= 15 is 0 Å². The van der Waals surface area contributed by atoms with Crippen molar-refractivity contribution in [2.45, 2.75) is 25.7 Å². The lowest BCUT2D eigenvalue weighted by Gasteiger charge is -2.26. The number of rotatable bonds is 4. The van der Waals surface area contributed by atoms with Crippen molar-refractivity contribution in [1.29, 1.82) is 15.9 Å². The average Bonchev–Trinajstić information content (AvgIpc) is 2.36. The van der Waals surface area contributed by atoms with E-state index in [2.05, 4.69) is 0 Å². The summed E-state index contributed by atoms with van der Waals surface area (Å²) in [7, 11) is 0. The van der Waals surface area contributed by atoms with Gasteiger partial charge in [-0.05, 0) is 37.5 Å². The molecule has 0 saturated heterocycles. The minimum absolute atomic E-state index is 0.507. The number of nitrogens with one attached hydrogen (secondary N) is 1. The Hall–Kier alpha value is -2.04. The number of nitrogens with zero attached hydrogens (tertiary/aromatic N) is 2. The second-order valence-electron chi connectivity index (χ2n) is 3.79. The Labute approximate surface area is 100 Å². The minimum atomic E-state index is 0.507. The molecule has 0 heterocycles. The van der Waals surface area contributed by atoms with Gasteiger partial charge in [-0.2, -0.15) is 10.5 Å². The van der Waals surface area contributed by atoms with Crippen molar-refractivity contribution in [3.05, 3.63) is 0 Å². The molecule has 0 radical (unpaired) electrons. The molecule has 0 aromatic heterocycles. The molecule has 1 saturated carbocycles. The highest BCUT2D eigenvalue weighted by atomic mass is 16.5. The van der Waals surface area contributed by atoms with E-state index in [1.807, 2.05) is 0 Å². The summed E-state index contributed by atoms with van der Waals surface area (Å²) >= 11 is 0. The van der Waals surface area contributed by atoms with E-state index in [1.165, 1.54) is 0 Å². The van der Waals surface area contributed by atoms with Crippen molar-refractivity contribution >= 4 is 6.08 Å². The molecule has 17 heavy (non-hydrogen) atoms.